The first kappa shape index (κ1) is 12.0. The van der Waals surface area contributed by atoms with Crippen LogP contribution in [0.5, 0.6) is 0 Å². The van der Waals surface area contributed by atoms with Gasteiger partial charge < -0.3 is 15.2 Å². The van der Waals surface area contributed by atoms with E-state index in [9.17, 15) is 9.59 Å². The van der Waals surface area contributed by atoms with E-state index in [1.54, 1.807) is 13.0 Å². The van der Waals surface area contributed by atoms with E-state index in [0.717, 1.165) is 0 Å². The van der Waals surface area contributed by atoms with Gasteiger partial charge in [0.25, 0.3) is 0 Å². The second-order valence-corrected chi connectivity index (χ2v) is 2.98. The first-order valence-corrected chi connectivity index (χ1v) is 4.75. The molecule has 16 heavy (non-hydrogen) atoms. The quantitative estimate of drug-likeness (QED) is 0.616. The first-order valence-electron chi connectivity index (χ1n) is 4.75. The molecule has 1 aromatic rings. The van der Waals surface area contributed by atoms with Gasteiger partial charge in [0.05, 0.1) is 30.5 Å². The molecule has 0 bridgehead atoms. The number of para-hydroxylation sites is 1. The van der Waals surface area contributed by atoms with Crippen molar-refractivity contribution in [1.82, 2.24) is 0 Å². The number of methoxy groups -OCH3 is 1. The summed E-state index contributed by atoms with van der Waals surface area (Å²) >= 11 is 0. The molecular formula is C11H13NO4. The van der Waals surface area contributed by atoms with E-state index in [-0.39, 0.29) is 23.4 Å². The zero-order valence-electron chi connectivity index (χ0n) is 9.15. The van der Waals surface area contributed by atoms with Crippen LogP contribution in [-0.4, -0.2) is 25.7 Å². The van der Waals surface area contributed by atoms with Crippen molar-refractivity contribution in [3.8, 4) is 0 Å². The summed E-state index contributed by atoms with van der Waals surface area (Å²) in [4.78, 5) is 22.8. The van der Waals surface area contributed by atoms with Crippen LogP contribution in [0, 0.1) is 0 Å². The fourth-order valence-corrected chi connectivity index (χ4v) is 1.24. The largest absolute Gasteiger partial charge is 0.465 e. The predicted octanol–water partition coefficient (Wildman–Crippen LogP) is 1.23. The van der Waals surface area contributed by atoms with E-state index < -0.39 is 11.9 Å². The van der Waals surface area contributed by atoms with Crippen molar-refractivity contribution in [3.63, 3.8) is 0 Å². The monoisotopic (exact) mass is 223 g/mol. The third-order valence-corrected chi connectivity index (χ3v) is 2.01. The minimum Gasteiger partial charge on any atom is -0.465 e. The number of hydrogen-bond acceptors (Lipinski definition) is 5. The Morgan fingerprint density at radius 1 is 1.25 bits per heavy atom. The summed E-state index contributed by atoms with van der Waals surface area (Å²) in [6.07, 6.45) is 0. The van der Waals surface area contributed by atoms with Gasteiger partial charge >= 0.3 is 11.9 Å². The number of rotatable bonds is 3. The Labute approximate surface area is 93.1 Å². The van der Waals surface area contributed by atoms with Crippen LogP contribution < -0.4 is 5.73 Å². The van der Waals surface area contributed by atoms with Gasteiger partial charge in [0.1, 0.15) is 0 Å². The molecule has 0 heterocycles. The Morgan fingerprint density at radius 2 is 1.81 bits per heavy atom. The third-order valence-electron chi connectivity index (χ3n) is 2.01. The lowest BCUT2D eigenvalue weighted by molar-refractivity contribution is 0.0527. The number of carbonyl (C=O) groups is 2. The summed E-state index contributed by atoms with van der Waals surface area (Å²) in [5, 5.41) is 0. The lowest BCUT2D eigenvalue weighted by Gasteiger charge is -2.08. The summed E-state index contributed by atoms with van der Waals surface area (Å²) in [6.45, 7) is 1.94. The molecule has 2 N–H and O–H groups in total. The molecule has 1 aromatic carbocycles. The highest BCUT2D eigenvalue weighted by molar-refractivity contribution is 6.03. The number of esters is 2. The molecular weight excluding hydrogens is 210 g/mol. The van der Waals surface area contributed by atoms with Crippen molar-refractivity contribution < 1.29 is 19.1 Å². The van der Waals surface area contributed by atoms with E-state index in [0.29, 0.717) is 0 Å². The number of carbonyl (C=O) groups excluding carboxylic acids is 2. The molecule has 0 aliphatic carbocycles. The van der Waals surface area contributed by atoms with Gasteiger partial charge in [-0.25, -0.2) is 9.59 Å². The maximum atomic E-state index is 11.5. The van der Waals surface area contributed by atoms with E-state index in [2.05, 4.69) is 4.74 Å². The third kappa shape index (κ3) is 2.31. The average Bonchev–Trinajstić information content (AvgIpc) is 2.28. The highest BCUT2D eigenvalue weighted by atomic mass is 16.5. The topological polar surface area (TPSA) is 78.6 Å². The molecule has 5 heteroatoms. The van der Waals surface area contributed by atoms with Crippen LogP contribution in [0.3, 0.4) is 0 Å². The molecule has 0 unspecified atom stereocenters. The molecule has 0 aliphatic heterocycles. The van der Waals surface area contributed by atoms with Crippen molar-refractivity contribution in [2.24, 2.45) is 0 Å². The number of ether oxygens (including phenoxy) is 2. The van der Waals surface area contributed by atoms with E-state index in [1.165, 1.54) is 19.2 Å². The number of benzene rings is 1. The molecule has 0 spiro atoms. The second kappa shape index (κ2) is 5.16. The minimum absolute atomic E-state index is 0.0767. The Hall–Kier alpha value is -2.04. The summed E-state index contributed by atoms with van der Waals surface area (Å²) < 4.78 is 9.35. The molecule has 0 atom stereocenters. The van der Waals surface area contributed by atoms with Crippen molar-refractivity contribution in [1.29, 1.82) is 0 Å². The van der Waals surface area contributed by atoms with Gasteiger partial charge in [0, 0.05) is 0 Å². The Morgan fingerprint density at radius 3 is 2.31 bits per heavy atom. The van der Waals surface area contributed by atoms with Gasteiger partial charge in [-0.2, -0.15) is 0 Å². The highest BCUT2D eigenvalue weighted by Crippen LogP contribution is 2.19. The van der Waals surface area contributed by atoms with Crippen LogP contribution in [0.4, 0.5) is 5.69 Å². The van der Waals surface area contributed by atoms with Crippen molar-refractivity contribution in [3.05, 3.63) is 29.3 Å². The fourth-order valence-electron chi connectivity index (χ4n) is 1.24. The number of nitrogen functional groups attached to an aromatic ring is 1. The smallest absolute Gasteiger partial charge is 0.340 e. The predicted molar refractivity (Wildman–Crippen MR) is 58.2 cm³/mol. The SMILES string of the molecule is CCOC(=O)c1cccc(C(=O)OC)c1N. The van der Waals surface area contributed by atoms with Gasteiger partial charge in [-0.3, -0.25) is 0 Å². The molecule has 0 saturated heterocycles. The second-order valence-electron chi connectivity index (χ2n) is 2.98. The highest BCUT2D eigenvalue weighted by Gasteiger charge is 2.17. The zero-order chi connectivity index (χ0) is 12.1. The lowest BCUT2D eigenvalue weighted by Crippen LogP contribution is -2.12. The summed E-state index contributed by atoms with van der Waals surface area (Å²) in [6, 6.07) is 4.54. The average molecular weight is 223 g/mol. The van der Waals surface area contributed by atoms with Gasteiger partial charge in [-0.1, -0.05) is 6.07 Å². The molecule has 0 aromatic heterocycles. The Kier molecular flexibility index (Phi) is 3.88. The molecule has 0 aliphatic rings. The van der Waals surface area contributed by atoms with Crippen LogP contribution in [0.25, 0.3) is 0 Å². The maximum absolute atomic E-state index is 11.5. The normalized spacial score (nSPS) is 9.62. The number of hydrogen-bond donors (Lipinski definition) is 1. The fraction of sp³-hybridized carbons (Fsp3) is 0.273. The van der Waals surface area contributed by atoms with Gasteiger partial charge in [-0.15, -0.1) is 0 Å². The first-order chi connectivity index (χ1) is 7.61. The Balaban J connectivity index is 3.13. The van der Waals surface area contributed by atoms with Crippen molar-refractivity contribution in [2.75, 3.05) is 19.5 Å². The van der Waals surface area contributed by atoms with Gasteiger partial charge in [0.15, 0.2) is 0 Å². The molecule has 86 valence electrons. The molecule has 5 nitrogen and oxygen atoms in total. The van der Waals surface area contributed by atoms with Crippen molar-refractivity contribution >= 4 is 17.6 Å². The Bertz CT molecular complexity index is 414. The van der Waals surface area contributed by atoms with Crippen LogP contribution >= 0.6 is 0 Å². The standard InChI is InChI=1S/C11H13NO4/c1-3-16-11(14)8-6-4-5-7(9(8)12)10(13)15-2/h4-6H,3,12H2,1-2H3. The van der Waals surface area contributed by atoms with E-state index >= 15 is 0 Å². The summed E-state index contributed by atoms with van der Waals surface area (Å²) in [5.41, 5.74) is 6.10. The van der Waals surface area contributed by atoms with E-state index in [1.807, 2.05) is 0 Å². The zero-order valence-corrected chi connectivity index (χ0v) is 9.15. The molecule has 0 saturated carbocycles. The van der Waals surface area contributed by atoms with Crippen LogP contribution in [-0.2, 0) is 9.47 Å². The van der Waals surface area contributed by atoms with Crippen LogP contribution in [0.15, 0.2) is 18.2 Å². The number of nitrogens with two attached hydrogens (primary N) is 1. The lowest BCUT2D eigenvalue weighted by atomic mass is 10.1. The maximum Gasteiger partial charge on any atom is 0.340 e. The van der Waals surface area contributed by atoms with E-state index in [4.69, 9.17) is 10.5 Å². The summed E-state index contributed by atoms with van der Waals surface area (Å²) in [7, 11) is 1.25. The number of anilines is 1. The molecule has 0 radical (unpaired) electrons. The van der Waals surface area contributed by atoms with Crippen molar-refractivity contribution in [2.45, 2.75) is 6.92 Å². The minimum atomic E-state index is -0.580. The summed E-state index contributed by atoms with van der Waals surface area (Å²) in [5.74, 6) is -1.13. The molecule has 0 amide bonds. The van der Waals surface area contributed by atoms with Gasteiger partial charge in [0.2, 0.25) is 0 Å². The van der Waals surface area contributed by atoms with Crippen LogP contribution in [0.1, 0.15) is 27.6 Å². The van der Waals surface area contributed by atoms with Gasteiger partial charge in [-0.05, 0) is 19.1 Å². The molecule has 0 fully saturated rings. The molecule has 1 rings (SSSR count). The van der Waals surface area contributed by atoms with Crippen LogP contribution in [0.2, 0.25) is 0 Å².